The van der Waals surface area contributed by atoms with E-state index in [1.54, 1.807) is 34.1 Å². The molecule has 1 unspecified atom stereocenters. The van der Waals surface area contributed by atoms with E-state index >= 15 is 0 Å². The lowest BCUT2D eigenvalue weighted by atomic mass is 9.74. The lowest BCUT2D eigenvalue weighted by Gasteiger charge is -2.52. The monoisotopic (exact) mass is 634 g/mol. The van der Waals surface area contributed by atoms with Crippen molar-refractivity contribution in [3.05, 3.63) is 41.7 Å². The number of rotatable bonds is 10. The largest absolute Gasteiger partial charge is 0.465 e. The van der Waals surface area contributed by atoms with Crippen LogP contribution in [0.25, 0.3) is 5.69 Å². The number of carboxylic acid groups (broad SMARTS) is 1. The topological polar surface area (TPSA) is 130 Å². The summed E-state index contributed by atoms with van der Waals surface area (Å²) in [4.78, 5) is 45.7. The molecule has 1 aromatic heterocycles. The van der Waals surface area contributed by atoms with Gasteiger partial charge in [-0.2, -0.15) is 0 Å². The lowest BCUT2D eigenvalue weighted by Crippen LogP contribution is -2.66. The van der Waals surface area contributed by atoms with Crippen LogP contribution in [-0.4, -0.2) is 117 Å². The van der Waals surface area contributed by atoms with E-state index < -0.39 is 48.4 Å². The van der Waals surface area contributed by atoms with Crippen LogP contribution in [0.15, 0.2) is 30.3 Å². The van der Waals surface area contributed by atoms with Crippen LogP contribution >= 0.6 is 0 Å². The van der Waals surface area contributed by atoms with Gasteiger partial charge in [-0.05, 0) is 29.9 Å². The van der Waals surface area contributed by atoms with E-state index in [-0.39, 0.29) is 49.3 Å². The average Bonchev–Trinajstić information content (AvgIpc) is 3.42. The van der Waals surface area contributed by atoms with Gasteiger partial charge in [0.1, 0.15) is 12.3 Å². The second kappa shape index (κ2) is 14.6. The van der Waals surface area contributed by atoms with Crippen molar-refractivity contribution in [2.24, 2.45) is 17.3 Å². The molecule has 2 aromatic rings. The van der Waals surface area contributed by atoms with Crippen LogP contribution in [0, 0.1) is 17.3 Å². The number of likely N-dealkylation sites (tertiary alicyclic amines) is 1. The SMILES string of the molecule is CC(C)CN(C(=O)c1nnn(-c2ccccc2)c1COCC(F)F)[C@H]1C[C@@H](C(=O)N2CCOCC2)CN(C(=O)O)C1C(C)(C)C. The highest BCUT2D eigenvalue weighted by molar-refractivity contribution is 5.94. The van der Waals surface area contributed by atoms with Gasteiger partial charge in [0.05, 0.1) is 43.5 Å². The minimum Gasteiger partial charge on any atom is -0.465 e. The van der Waals surface area contributed by atoms with Gasteiger partial charge in [-0.25, -0.2) is 18.3 Å². The molecule has 12 nitrogen and oxygen atoms in total. The molecule has 3 amide bonds. The van der Waals surface area contributed by atoms with E-state index in [0.717, 1.165) is 0 Å². The zero-order valence-electron chi connectivity index (χ0n) is 26.6. The number of halogens is 2. The first-order valence-electron chi connectivity index (χ1n) is 15.3. The number of alkyl halides is 2. The highest BCUT2D eigenvalue weighted by Gasteiger charge is 2.50. The summed E-state index contributed by atoms with van der Waals surface area (Å²) in [6.07, 6.45) is -3.64. The number of nitrogens with zero attached hydrogens (tertiary/aromatic N) is 6. The van der Waals surface area contributed by atoms with Crippen LogP contribution in [0.4, 0.5) is 13.6 Å². The molecular weight excluding hydrogens is 590 g/mol. The summed E-state index contributed by atoms with van der Waals surface area (Å²) in [5.41, 5.74) is 0.0643. The number of piperidine rings is 1. The summed E-state index contributed by atoms with van der Waals surface area (Å²) in [7, 11) is 0. The fourth-order valence-electron chi connectivity index (χ4n) is 6.33. The Kier molecular flexibility index (Phi) is 11.1. The van der Waals surface area contributed by atoms with E-state index in [4.69, 9.17) is 9.47 Å². The first-order valence-corrected chi connectivity index (χ1v) is 15.3. The number of aromatic nitrogens is 3. The molecule has 0 radical (unpaired) electrons. The second-order valence-corrected chi connectivity index (χ2v) is 13.1. The Morgan fingerprint density at radius 3 is 2.38 bits per heavy atom. The second-order valence-electron chi connectivity index (χ2n) is 13.1. The van der Waals surface area contributed by atoms with Crippen LogP contribution in [-0.2, 0) is 20.9 Å². The minimum absolute atomic E-state index is 0.00454. The zero-order valence-corrected chi connectivity index (χ0v) is 26.6. The van der Waals surface area contributed by atoms with Gasteiger partial charge >= 0.3 is 6.09 Å². The summed E-state index contributed by atoms with van der Waals surface area (Å²) in [5.74, 6) is -1.43. The maximum atomic E-state index is 14.6. The summed E-state index contributed by atoms with van der Waals surface area (Å²) in [5, 5.41) is 18.8. The third kappa shape index (κ3) is 8.15. The molecule has 0 spiro atoms. The maximum absolute atomic E-state index is 14.6. The molecule has 248 valence electrons. The Morgan fingerprint density at radius 1 is 1.13 bits per heavy atom. The Balaban J connectivity index is 1.79. The first kappa shape index (κ1) is 34.2. The molecule has 3 heterocycles. The van der Waals surface area contributed by atoms with Gasteiger partial charge in [0.2, 0.25) is 5.91 Å². The molecule has 0 aliphatic carbocycles. The summed E-state index contributed by atoms with van der Waals surface area (Å²) < 4.78 is 38.1. The van der Waals surface area contributed by atoms with E-state index in [9.17, 15) is 28.3 Å². The van der Waals surface area contributed by atoms with Crippen LogP contribution in [0.3, 0.4) is 0 Å². The molecule has 0 saturated carbocycles. The molecule has 2 aliphatic heterocycles. The van der Waals surface area contributed by atoms with Crippen molar-refractivity contribution < 1.29 is 37.7 Å². The Labute approximate surface area is 262 Å². The number of morpholine rings is 1. The molecule has 1 aromatic carbocycles. The maximum Gasteiger partial charge on any atom is 0.407 e. The number of carbonyl (C=O) groups excluding carboxylic acids is 2. The Hall–Kier alpha value is -3.65. The number of benzene rings is 1. The predicted molar refractivity (Wildman–Crippen MR) is 160 cm³/mol. The zero-order chi connectivity index (χ0) is 32.9. The molecule has 14 heteroatoms. The third-order valence-electron chi connectivity index (χ3n) is 8.12. The summed E-state index contributed by atoms with van der Waals surface area (Å²) in [6, 6.07) is 7.49. The van der Waals surface area contributed by atoms with Crippen LogP contribution < -0.4 is 0 Å². The molecule has 2 saturated heterocycles. The first-order chi connectivity index (χ1) is 21.3. The smallest absolute Gasteiger partial charge is 0.407 e. The van der Waals surface area contributed by atoms with Crippen molar-refractivity contribution >= 4 is 17.9 Å². The summed E-state index contributed by atoms with van der Waals surface area (Å²) in [6.45, 7) is 10.3. The van der Waals surface area contributed by atoms with Crippen LogP contribution in [0.5, 0.6) is 0 Å². The number of carbonyl (C=O) groups is 3. The van der Waals surface area contributed by atoms with Gasteiger partial charge in [0.25, 0.3) is 12.3 Å². The van der Waals surface area contributed by atoms with Crippen LogP contribution in [0.1, 0.15) is 57.2 Å². The number of ether oxygens (including phenoxy) is 2. The van der Waals surface area contributed by atoms with Gasteiger partial charge < -0.3 is 29.3 Å². The molecule has 45 heavy (non-hydrogen) atoms. The van der Waals surface area contributed by atoms with Gasteiger partial charge in [-0.15, -0.1) is 5.10 Å². The molecular formula is C31H44F2N6O6. The fraction of sp³-hybridized carbons (Fsp3) is 0.645. The van der Waals surface area contributed by atoms with E-state index in [1.165, 1.54) is 9.58 Å². The summed E-state index contributed by atoms with van der Waals surface area (Å²) >= 11 is 0. The fourth-order valence-corrected chi connectivity index (χ4v) is 6.33. The lowest BCUT2D eigenvalue weighted by molar-refractivity contribution is -0.144. The van der Waals surface area contributed by atoms with Crippen LogP contribution in [0.2, 0.25) is 0 Å². The average molecular weight is 635 g/mol. The van der Waals surface area contributed by atoms with E-state index in [1.807, 2.05) is 40.7 Å². The Bertz CT molecular complexity index is 1310. The van der Waals surface area contributed by atoms with Gasteiger partial charge in [0.15, 0.2) is 5.69 Å². The minimum atomic E-state index is -2.71. The number of hydrogen-bond acceptors (Lipinski definition) is 7. The number of hydrogen-bond donors (Lipinski definition) is 1. The van der Waals surface area contributed by atoms with Gasteiger partial charge in [-0.3, -0.25) is 9.59 Å². The van der Waals surface area contributed by atoms with Crippen molar-refractivity contribution in [3.63, 3.8) is 0 Å². The molecule has 4 rings (SSSR count). The number of amides is 3. The highest BCUT2D eigenvalue weighted by Crippen LogP contribution is 2.38. The van der Waals surface area contributed by atoms with Gasteiger partial charge in [0, 0.05) is 26.2 Å². The number of para-hydroxylation sites is 1. The molecule has 2 fully saturated rings. The van der Waals surface area contributed by atoms with Crippen molar-refractivity contribution in [2.75, 3.05) is 46.0 Å². The third-order valence-corrected chi connectivity index (χ3v) is 8.12. The standard InChI is InChI=1S/C31H44F2N6O6/c1-20(2)16-37(29(41)26-24(18-45-19-25(32)33)39(35-34-26)22-9-7-6-8-10-22)23-15-21(28(40)36-11-13-44-14-12-36)17-38(30(42)43)27(23)31(3,4)5/h6-10,20-21,23,25,27H,11-19H2,1-5H3,(H,42,43)/t21-,23+,27?/m1/s1. The van der Waals surface area contributed by atoms with Crippen molar-refractivity contribution in [1.29, 1.82) is 0 Å². The van der Waals surface area contributed by atoms with Crippen molar-refractivity contribution in [1.82, 2.24) is 29.7 Å². The molecule has 0 bridgehead atoms. The van der Waals surface area contributed by atoms with Crippen molar-refractivity contribution in [2.45, 2.75) is 66.2 Å². The van der Waals surface area contributed by atoms with Gasteiger partial charge in [-0.1, -0.05) is 58.0 Å². The quantitative estimate of drug-likeness (QED) is 0.418. The molecule has 1 N–H and O–H groups in total. The molecule has 2 aliphatic rings. The normalized spacial score (nSPS) is 21.0. The highest BCUT2D eigenvalue weighted by atomic mass is 19.3. The van der Waals surface area contributed by atoms with Crippen molar-refractivity contribution in [3.8, 4) is 5.69 Å². The Morgan fingerprint density at radius 2 is 1.80 bits per heavy atom. The van der Waals surface area contributed by atoms with E-state index in [0.29, 0.717) is 32.0 Å². The molecule has 3 atom stereocenters. The predicted octanol–water partition coefficient (Wildman–Crippen LogP) is 3.79. The van der Waals surface area contributed by atoms with E-state index in [2.05, 4.69) is 10.3 Å².